The highest BCUT2D eigenvalue weighted by atomic mass is 28.4. The molecule has 142 valence electrons. The summed E-state index contributed by atoms with van der Waals surface area (Å²) in [5.41, 5.74) is 1.21. The molecule has 2 atom stereocenters. The Labute approximate surface area is 152 Å². The van der Waals surface area contributed by atoms with Crippen LogP contribution in [0.1, 0.15) is 73.1 Å². The van der Waals surface area contributed by atoms with E-state index in [1.165, 1.54) is 37.7 Å². The molecule has 0 saturated heterocycles. The summed E-state index contributed by atoms with van der Waals surface area (Å²) in [6, 6.07) is 0. The van der Waals surface area contributed by atoms with E-state index in [9.17, 15) is 5.11 Å². The molecular formula is C21H42O2Si. The summed E-state index contributed by atoms with van der Waals surface area (Å²) < 4.78 is 6.57. The molecule has 0 spiro atoms. The molecule has 0 heterocycles. The highest BCUT2D eigenvalue weighted by Gasteiger charge is 2.38. The Bertz CT molecular complexity index is 389. The van der Waals surface area contributed by atoms with Crippen LogP contribution in [0.3, 0.4) is 0 Å². The van der Waals surface area contributed by atoms with Crippen LogP contribution in [0.15, 0.2) is 12.2 Å². The van der Waals surface area contributed by atoms with E-state index in [-0.39, 0.29) is 17.1 Å². The minimum atomic E-state index is -1.74. The lowest BCUT2D eigenvalue weighted by Gasteiger charge is -2.40. The van der Waals surface area contributed by atoms with Gasteiger partial charge < -0.3 is 9.53 Å². The van der Waals surface area contributed by atoms with Crippen molar-refractivity contribution in [2.75, 3.05) is 6.61 Å². The molecule has 2 nitrogen and oxygen atoms in total. The predicted molar refractivity (Wildman–Crippen MR) is 108 cm³/mol. The smallest absolute Gasteiger partial charge is 0.192 e. The van der Waals surface area contributed by atoms with Gasteiger partial charge in [0.1, 0.15) is 0 Å². The topological polar surface area (TPSA) is 29.5 Å². The van der Waals surface area contributed by atoms with Crippen LogP contribution in [0, 0.1) is 17.8 Å². The molecule has 0 radical (unpaired) electrons. The van der Waals surface area contributed by atoms with Crippen LogP contribution in [0.25, 0.3) is 0 Å². The van der Waals surface area contributed by atoms with E-state index in [1.807, 2.05) is 0 Å². The van der Waals surface area contributed by atoms with Gasteiger partial charge in [0.15, 0.2) is 8.32 Å². The highest BCUT2D eigenvalue weighted by Crippen LogP contribution is 2.40. The molecule has 3 heteroatoms. The van der Waals surface area contributed by atoms with Crippen molar-refractivity contribution in [3.05, 3.63) is 12.2 Å². The van der Waals surface area contributed by atoms with Crippen LogP contribution >= 0.6 is 0 Å². The van der Waals surface area contributed by atoms with E-state index in [0.29, 0.717) is 11.8 Å². The molecule has 24 heavy (non-hydrogen) atoms. The van der Waals surface area contributed by atoms with Crippen LogP contribution in [0.2, 0.25) is 18.1 Å². The summed E-state index contributed by atoms with van der Waals surface area (Å²) in [4.78, 5) is 0. The highest BCUT2D eigenvalue weighted by molar-refractivity contribution is 6.74. The van der Waals surface area contributed by atoms with E-state index in [0.717, 1.165) is 13.0 Å². The summed E-state index contributed by atoms with van der Waals surface area (Å²) in [7, 11) is -1.74. The van der Waals surface area contributed by atoms with Crippen LogP contribution < -0.4 is 0 Å². The average Bonchev–Trinajstić information content (AvgIpc) is 2.47. The first-order chi connectivity index (χ1) is 11.0. The summed E-state index contributed by atoms with van der Waals surface area (Å²) in [5.74, 6) is 1.39. The zero-order valence-electron chi connectivity index (χ0n) is 17.3. The quantitative estimate of drug-likeness (QED) is 0.417. The van der Waals surface area contributed by atoms with Crippen molar-refractivity contribution in [2.24, 2.45) is 17.8 Å². The fourth-order valence-electron chi connectivity index (χ4n) is 3.29. The second-order valence-corrected chi connectivity index (χ2v) is 14.6. The lowest BCUT2D eigenvalue weighted by atomic mass is 9.76. The molecule has 0 amide bonds. The second kappa shape index (κ2) is 9.00. The van der Waals surface area contributed by atoms with Gasteiger partial charge in [-0.2, -0.15) is 0 Å². The number of hydrogen-bond donors (Lipinski definition) is 1. The van der Waals surface area contributed by atoms with Gasteiger partial charge in [0, 0.05) is 12.5 Å². The molecule has 0 aromatic rings. The third kappa shape index (κ3) is 6.31. The first-order valence-corrected chi connectivity index (χ1v) is 12.9. The van der Waals surface area contributed by atoms with Crippen LogP contribution in [0.4, 0.5) is 0 Å². The van der Waals surface area contributed by atoms with E-state index in [1.54, 1.807) is 0 Å². The van der Waals surface area contributed by atoms with Gasteiger partial charge in [-0.1, -0.05) is 66.0 Å². The van der Waals surface area contributed by atoms with Crippen LogP contribution in [0.5, 0.6) is 0 Å². The van der Waals surface area contributed by atoms with Crippen molar-refractivity contribution >= 4 is 8.32 Å². The molecule has 0 bridgehead atoms. The van der Waals surface area contributed by atoms with Crippen LogP contribution in [-0.2, 0) is 4.43 Å². The van der Waals surface area contributed by atoms with Gasteiger partial charge >= 0.3 is 0 Å². The summed E-state index contributed by atoms with van der Waals surface area (Å²) in [5, 5.41) is 10.5. The Balaban J connectivity index is 2.79. The van der Waals surface area contributed by atoms with Gasteiger partial charge in [0.2, 0.25) is 0 Å². The van der Waals surface area contributed by atoms with Crippen molar-refractivity contribution in [3.8, 4) is 0 Å². The molecule has 0 aromatic carbocycles. The normalized spacial score (nSPS) is 20.2. The minimum Gasteiger partial charge on any atom is -0.416 e. The Hall–Kier alpha value is -0.123. The molecule has 0 unspecified atom stereocenters. The maximum atomic E-state index is 10.3. The van der Waals surface area contributed by atoms with Crippen LogP contribution in [-0.4, -0.2) is 26.1 Å². The minimum absolute atomic E-state index is 0.239. The fourth-order valence-corrected chi connectivity index (χ4v) is 4.32. The molecular weight excluding hydrogens is 312 g/mol. The maximum absolute atomic E-state index is 10.3. The second-order valence-electron chi connectivity index (χ2n) is 9.75. The Morgan fingerprint density at radius 2 is 1.71 bits per heavy atom. The predicted octanol–water partition coefficient (Wildman–Crippen LogP) is 6.17. The molecule has 1 saturated carbocycles. The number of aliphatic hydroxyl groups excluding tert-OH is 1. The van der Waals surface area contributed by atoms with Gasteiger partial charge in [-0.3, -0.25) is 0 Å². The average molecular weight is 355 g/mol. The monoisotopic (exact) mass is 354 g/mol. The third-order valence-electron chi connectivity index (χ3n) is 6.41. The van der Waals surface area contributed by atoms with E-state index < -0.39 is 8.32 Å². The largest absolute Gasteiger partial charge is 0.416 e. The van der Waals surface area contributed by atoms with Gasteiger partial charge in [0.05, 0.1) is 6.10 Å². The Morgan fingerprint density at radius 1 is 1.17 bits per heavy atom. The van der Waals surface area contributed by atoms with Crippen molar-refractivity contribution < 1.29 is 9.53 Å². The molecule has 1 aliphatic carbocycles. The molecule has 1 N–H and O–H groups in total. The summed E-state index contributed by atoms with van der Waals surface area (Å²) >= 11 is 0. The molecule has 1 fully saturated rings. The number of aliphatic hydroxyl groups is 1. The molecule has 0 aliphatic heterocycles. The van der Waals surface area contributed by atoms with Crippen molar-refractivity contribution in [3.63, 3.8) is 0 Å². The Morgan fingerprint density at radius 3 is 2.17 bits per heavy atom. The van der Waals surface area contributed by atoms with Crippen molar-refractivity contribution in [1.82, 2.24) is 0 Å². The molecule has 1 aliphatic rings. The standard InChI is InChI=1S/C21H42O2Si/c1-16(2)20(22)14-17(3)19(18-12-10-9-11-13-18)15-23-24(7,8)21(4,5)6/h16,18-20,22H,3,9-15H2,1-2,4-8H3/t19-,20+/m1/s1. The van der Waals surface area contributed by atoms with E-state index >= 15 is 0 Å². The third-order valence-corrected chi connectivity index (χ3v) is 10.9. The van der Waals surface area contributed by atoms with E-state index in [4.69, 9.17) is 4.43 Å². The summed E-state index contributed by atoms with van der Waals surface area (Å²) in [6.45, 7) is 20.9. The zero-order valence-corrected chi connectivity index (χ0v) is 18.3. The SMILES string of the molecule is C=C(C[C@H](O)C(C)C)[C@@H](CO[Si](C)(C)C(C)(C)C)C1CCCCC1. The number of hydrogen-bond acceptors (Lipinski definition) is 2. The fraction of sp³-hybridized carbons (Fsp3) is 0.905. The zero-order chi connectivity index (χ0) is 18.5. The lowest BCUT2D eigenvalue weighted by molar-refractivity contribution is 0.112. The number of rotatable bonds is 8. The van der Waals surface area contributed by atoms with Gasteiger partial charge in [0.25, 0.3) is 0 Å². The molecule has 1 rings (SSSR count). The van der Waals surface area contributed by atoms with Gasteiger partial charge in [-0.25, -0.2) is 0 Å². The first kappa shape index (κ1) is 21.9. The van der Waals surface area contributed by atoms with E-state index in [2.05, 4.69) is 54.3 Å². The maximum Gasteiger partial charge on any atom is 0.192 e. The van der Waals surface area contributed by atoms with Gasteiger partial charge in [-0.15, -0.1) is 0 Å². The lowest BCUT2D eigenvalue weighted by Crippen LogP contribution is -2.43. The van der Waals surface area contributed by atoms with Gasteiger partial charge in [-0.05, 0) is 49.2 Å². The Kier molecular flexibility index (Phi) is 8.22. The van der Waals surface area contributed by atoms with Crippen molar-refractivity contribution in [1.29, 1.82) is 0 Å². The molecule has 0 aromatic heterocycles. The van der Waals surface area contributed by atoms with Crippen molar-refractivity contribution in [2.45, 2.75) is 97.4 Å². The summed E-state index contributed by atoms with van der Waals surface area (Å²) in [6.07, 6.45) is 7.07. The first-order valence-electron chi connectivity index (χ1n) is 9.95.